The molecule has 0 bridgehead atoms. The highest BCUT2D eigenvalue weighted by atomic mass is 19.1. The Morgan fingerprint density at radius 2 is 2.08 bits per heavy atom. The number of primary amides is 1. The summed E-state index contributed by atoms with van der Waals surface area (Å²) in [5.74, 6) is -1.00. The lowest BCUT2D eigenvalue weighted by Crippen LogP contribution is -2.20. The van der Waals surface area contributed by atoms with E-state index in [4.69, 9.17) is 5.73 Å². The fourth-order valence-corrected chi connectivity index (χ4v) is 3.26. The van der Waals surface area contributed by atoms with Crippen LogP contribution in [0.1, 0.15) is 22.5 Å². The molecule has 4 rings (SSSR count). The number of nitrogens with zero attached hydrogens (tertiary/aromatic N) is 1. The lowest BCUT2D eigenvalue weighted by molar-refractivity contribution is 0.100. The number of rotatable bonds is 3. The number of hydrogen-bond donors (Lipinski definition) is 3. The van der Waals surface area contributed by atoms with Crippen molar-refractivity contribution >= 4 is 22.5 Å². The largest absolute Gasteiger partial charge is 0.366 e. The van der Waals surface area contributed by atoms with Crippen molar-refractivity contribution in [1.82, 2.24) is 15.3 Å². The molecule has 25 heavy (non-hydrogen) atoms. The molecule has 3 aromatic rings. The Morgan fingerprint density at radius 1 is 1.20 bits per heavy atom. The van der Waals surface area contributed by atoms with E-state index in [0.717, 1.165) is 36.2 Å². The summed E-state index contributed by atoms with van der Waals surface area (Å²) < 4.78 is 13.8. The minimum atomic E-state index is -0.586. The van der Waals surface area contributed by atoms with Gasteiger partial charge in [0.05, 0.1) is 0 Å². The number of halogens is 1. The third kappa shape index (κ3) is 2.81. The van der Waals surface area contributed by atoms with E-state index in [1.165, 1.54) is 23.8 Å². The Balaban J connectivity index is 1.92. The molecule has 3 heterocycles. The van der Waals surface area contributed by atoms with E-state index in [9.17, 15) is 9.18 Å². The number of fused-ring (bicyclic) bond motifs is 1. The van der Waals surface area contributed by atoms with Crippen LogP contribution >= 0.6 is 0 Å². The number of aromatic amines is 1. The fraction of sp³-hybridized carbons (Fsp3) is 0.158. The number of hydrogen-bond acceptors (Lipinski definition) is 3. The topological polar surface area (TPSA) is 83.8 Å². The third-order valence-electron chi connectivity index (χ3n) is 4.48. The van der Waals surface area contributed by atoms with Gasteiger partial charge in [-0.1, -0.05) is 6.08 Å². The average Bonchev–Trinajstić information content (AvgIpc) is 3.06. The van der Waals surface area contributed by atoms with Crippen LogP contribution in [-0.4, -0.2) is 29.0 Å². The van der Waals surface area contributed by atoms with Crippen LogP contribution in [0.2, 0.25) is 0 Å². The van der Waals surface area contributed by atoms with Crippen LogP contribution in [0.4, 0.5) is 4.39 Å². The first-order valence-electron chi connectivity index (χ1n) is 8.11. The summed E-state index contributed by atoms with van der Waals surface area (Å²) in [7, 11) is 0. The van der Waals surface area contributed by atoms with Crippen molar-refractivity contribution in [3.63, 3.8) is 0 Å². The number of benzene rings is 1. The first-order valence-corrected chi connectivity index (χ1v) is 8.11. The van der Waals surface area contributed by atoms with Crippen LogP contribution < -0.4 is 11.1 Å². The van der Waals surface area contributed by atoms with Crippen molar-refractivity contribution < 1.29 is 9.18 Å². The molecule has 0 saturated heterocycles. The van der Waals surface area contributed by atoms with Gasteiger partial charge in [-0.3, -0.25) is 4.79 Å². The lowest BCUT2D eigenvalue weighted by atomic mass is 9.97. The summed E-state index contributed by atoms with van der Waals surface area (Å²) >= 11 is 0. The van der Waals surface area contributed by atoms with E-state index in [1.54, 1.807) is 12.3 Å². The SMILES string of the molecule is NC(=O)c1ccc(F)cc1-c1ccnc2[nH]c(C3=CCNCC3)cc12. The van der Waals surface area contributed by atoms with Crippen LogP contribution in [0, 0.1) is 5.82 Å². The molecule has 5 nitrogen and oxygen atoms in total. The highest BCUT2D eigenvalue weighted by Gasteiger charge is 2.16. The molecule has 0 fully saturated rings. The van der Waals surface area contributed by atoms with Crippen molar-refractivity contribution in [2.75, 3.05) is 13.1 Å². The second-order valence-corrected chi connectivity index (χ2v) is 6.04. The second-order valence-electron chi connectivity index (χ2n) is 6.04. The molecule has 1 aliphatic rings. The van der Waals surface area contributed by atoms with Gasteiger partial charge in [0.2, 0.25) is 5.91 Å². The maximum Gasteiger partial charge on any atom is 0.249 e. The molecule has 0 atom stereocenters. The van der Waals surface area contributed by atoms with Crippen molar-refractivity contribution in [1.29, 1.82) is 0 Å². The zero-order chi connectivity index (χ0) is 17.4. The second kappa shape index (κ2) is 6.14. The highest BCUT2D eigenvalue weighted by molar-refractivity contribution is 6.04. The van der Waals surface area contributed by atoms with E-state index in [2.05, 4.69) is 21.4 Å². The molecule has 0 aliphatic carbocycles. The summed E-state index contributed by atoms with van der Waals surface area (Å²) in [6, 6.07) is 7.78. The van der Waals surface area contributed by atoms with E-state index >= 15 is 0 Å². The van der Waals surface area contributed by atoms with Gasteiger partial charge in [-0.25, -0.2) is 9.37 Å². The number of amides is 1. The maximum atomic E-state index is 13.8. The molecule has 0 saturated carbocycles. The zero-order valence-electron chi connectivity index (χ0n) is 13.5. The third-order valence-corrected chi connectivity index (χ3v) is 4.48. The normalized spacial score (nSPS) is 14.5. The predicted octanol–water partition coefficient (Wildman–Crippen LogP) is 2.84. The minimum absolute atomic E-state index is 0.290. The molecule has 1 aromatic carbocycles. The van der Waals surface area contributed by atoms with E-state index < -0.39 is 11.7 Å². The molecular weight excluding hydrogens is 319 g/mol. The number of nitrogens with one attached hydrogen (secondary N) is 2. The molecule has 1 amide bonds. The zero-order valence-corrected chi connectivity index (χ0v) is 13.5. The molecule has 0 unspecified atom stereocenters. The Bertz CT molecular complexity index is 1010. The smallest absolute Gasteiger partial charge is 0.249 e. The van der Waals surface area contributed by atoms with Gasteiger partial charge in [-0.15, -0.1) is 0 Å². The van der Waals surface area contributed by atoms with Crippen molar-refractivity contribution in [3.8, 4) is 11.1 Å². The summed E-state index contributed by atoms with van der Waals surface area (Å²) in [6.45, 7) is 1.76. The van der Waals surface area contributed by atoms with Crippen molar-refractivity contribution in [3.05, 3.63) is 59.7 Å². The minimum Gasteiger partial charge on any atom is -0.366 e. The number of pyridine rings is 1. The van der Waals surface area contributed by atoms with Crippen molar-refractivity contribution in [2.24, 2.45) is 5.73 Å². The Morgan fingerprint density at radius 3 is 2.84 bits per heavy atom. The van der Waals surface area contributed by atoms with E-state index in [1.807, 2.05) is 6.07 Å². The summed E-state index contributed by atoms with van der Waals surface area (Å²) in [5.41, 5.74) is 9.88. The lowest BCUT2D eigenvalue weighted by Gasteiger charge is -2.12. The predicted molar refractivity (Wildman–Crippen MR) is 95.5 cm³/mol. The summed E-state index contributed by atoms with van der Waals surface area (Å²) in [4.78, 5) is 19.4. The van der Waals surface area contributed by atoms with Crippen LogP contribution in [0.5, 0.6) is 0 Å². The number of nitrogens with two attached hydrogens (primary N) is 1. The quantitative estimate of drug-likeness (QED) is 0.688. The van der Waals surface area contributed by atoms with Crippen LogP contribution in [0.25, 0.3) is 27.7 Å². The molecule has 0 radical (unpaired) electrons. The van der Waals surface area contributed by atoms with Crippen LogP contribution in [-0.2, 0) is 0 Å². The Labute approximate surface area is 143 Å². The number of aromatic nitrogens is 2. The number of H-pyrrole nitrogens is 1. The van der Waals surface area contributed by atoms with Gasteiger partial charge in [-0.2, -0.15) is 0 Å². The standard InChI is InChI=1S/C19H17FN4O/c20-12-1-2-14(18(21)25)15(9-12)13-5-8-23-19-16(13)10-17(24-19)11-3-6-22-7-4-11/h1-3,5,8-10,22H,4,6-7H2,(H2,21,25)(H,23,24). The molecule has 6 heteroatoms. The van der Waals surface area contributed by atoms with Gasteiger partial charge < -0.3 is 16.0 Å². The molecule has 1 aliphatic heterocycles. The average molecular weight is 336 g/mol. The fourth-order valence-electron chi connectivity index (χ4n) is 3.26. The van der Waals surface area contributed by atoms with Gasteiger partial charge in [0, 0.05) is 29.4 Å². The number of carbonyl (C=O) groups is 1. The van der Waals surface area contributed by atoms with E-state index in [0.29, 0.717) is 11.2 Å². The molecule has 0 spiro atoms. The highest BCUT2D eigenvalue weighted by Crippen LogP contribution is 2.33. The van der Waals surface area contributed by atoms with Crippen LogP contribution in [0.15, 0.2) is 42.6 Å². The van der Waals surface area contributed by atoms with Gasteiger partial charge in [0.1, 0.15) is 11.5 Å². The van der Waals surface area contributed by atoms with Gasteiger partial charge >= 0.3 is 0 Å². The summed E-state index contributed by atoms with van der Waals surface area (Å²) in [6.07, 6.45) is 4.71. The number of carbonyl (C=O) groups excluding carboxylic acids is 1. The molecule has 2 aromatic heterocycles. The van der Waals surface area contributed by atoms with E-state index in [-0.39, 0.29) is 5.56 Å². The molecule has 4 N–H and O–H groups in total. The first kappa shape index (κ1) is 15.5. The monoisotopic (exact) mass is 336 g/mol. The van der Waals surface area contributed by atoms with Crippen LogP contribution in [0.3, 0.4) is 0 Å². The Kier molecular flexibility index (Phi) is 3.82. The van der Waals surface area contributed by atoms with Gasteiger partial charge in [0.15, 0.2) is 0 Å². The Hall–Kier alpha value is -2.99. The molecular formula is C19H17FN4O. The summed E-state index contributed by atoms with van der Waals surface area (Å²) in [5, 5.41) is 4.12. The van der Waals surface area contributed by atoms with Gasteiger partial charge in [0.25, 0.3) is 0 Å². The van der Waals surface area contributed by atoms with Gasteiger partial charge in [-0.05, 0) is 60.0 Å². The first-order chi connectivity index (χ1) is 12.1. The van der Waals surface area contributed by atoms with Crippen molar-refractivity contribution in [2.45, 2.75) is 6.42 Å². The molecule has 126 valence electrons. The maximum absolute atomic E-state index is 13.8.